The number of anilines is 3. The molecule has 3 heterocycles. The van der Waals surface area contributed by atoms with Gasteiger partial charge in [0.25, 0.3) is 0 Å². The van der Waals surface area contributed by atoms with Gasteiger partial charge in [0, 0.05) is 61.4 Å². The molecule has 0 unspecified atom stereocenters. The fourth-order valence-electron chi connectivity index (χ4n) is 4.59. The molecule has 2 aliphatic heterocycles. The number of aliphatic hydroxyl groups is 1. The Kier molecular flexibility index (Phi) is 8.20. The van der Waals surface area contributed by atoms with Gasteiger partial charge >= 0.3 is 0 Å². The third kappa shape index (κ3) is 6.27. The molecule has 1 aromatic heterocycles. The Morgan fingerprint density at radius 3 is 2.58 bits per heavy atom. The smallest absolute Gasteiger partial charge is 0.227 e. The summed E-state index contributed by atoms with van der Waals surface area (Å²) in [6.45, 7) is 6.73. The second-order valence-corrected chi connectivity index (χ2v) is 8.99. The highest BCUT2D eigenvalue weighted by atomic mass is 16.5. The van der Waals surface area contributed by atoms with Crippen LogP contribution in [0.1, 0.15) is 11.1 Å². The fourth-order valence-corrected chi connectivity index (χ4v) is 4.59. The van der Waals surface area contributed by atoms with Crippen molar-refractivity contribution in [1.82, 2.24) is 14.9 Å². The van der Waals surface area contributed by atoms with Gasteiger partial charge in [-0.15, -0.1) is 0 Å². The maximum absolute atomic E-state index is 9.25. The SMILES string of the molecule is OCCN1CCN(c2ccc3cc2COC/C=C/COCc2cccc(c2)-c2ccnc(n2)N3)CC1. The van der Waals surface area contributed by atoms with E-state index in [9.17, 15) is 5.11 Å². The molecule has 1 fully saturated rings. The quantitative estimate of drug-likeness (QED) is 0.543. The van der Waals surface area contributed by atoms with Crippen molar-refractivity contribution in [2.45, 2.75) is 13.2 Å². The summed E-state index contributed by atoms with van der Waals surface area (Å²) < 4.78 is 11.8. The summed E-state index contributed by atoms with van der Waals surface area (Å²) in [5.41, 5.74) is 6.21. The minimum Gasteiger partial charge on any atom is -0.395 e. The summed E-state index contributed by atoms with van der Waals surface area (Å²) in [7, 11) is 0. The van der Waals surface area contributed by atoms with Crippen LogP contribution in [0.5, 0.6) is 0 Å². The molecule has 8 nitrogen and oxygen atoms in total. The molecule has 0 spiro atoms. The molecule has 2 aliphatic rings. The molecule has 2 aromatic carbocycles. The topological polar surface area (TPSA) is 83.0 Å². The minimum atomic E-state index is 0.201. The number of piperazine rings is 1. The molecule has 0 aliphatic carbocycles. The number of aromatic nitrogens is 2. The zero-order chi connectivity index (χ0) is 24.6. The molecule has 188 valence electrons. The van der Waals surface area contributed by atoms with Gasteiger partial charge in [0.2, 0.25) is 5.95 Å². The van der Waals surface area contributed by atoms with Crippen LogP contribution in [0.2, 0.25) is 0 Å². The van der Waals surface area contributed by atoms with Gasteiger partial charge in [-0.2, -0.15) is 0 Å². The van der Waals surface area contributed by atoms with Crippen molar-refractivity contribution >= 4 is 17.3 Å². The molecule has 1 saturated heterocycles. The van der Waals surface area contributed by atoms with Gasteiger partial charge in [0.1, 0.15) is 0 Å². The van der Waals surface area contributed by atoms with Crippen LogP contribution < -0.4 is 10.2 Å². The third-order valence-corrected chi connectivity index (χ3v) is 6.46. The molecule has 3 aromatic rings. The van der Waals surface area contributed by atoms with Gasteiger partial charge < -0.3 is 24.8 Å². The lowest BCUT2D eigenvalue weighted by molar-refractivity contribution is 0.140. The van der Waals surface area contributed by atoms with Crippen molar-refractivity contribution in [2.24, 2.45) is 0 Å². The summed E-state index contributed by atoms with van der Waals surface area (Å²) in [5.74, 6) is 0.551. The Labute approximate surface area is 212 Å². The first-order valence-electron chi connectivity index (χ1n) is 12.5. The van der Waals surface area contributed by atoms with Gasteiger partial charge in [-0.1, -0.05) is 30.4 Å². The van der Waals surface area contributed by atoms with Crippen LogP contribution in [0.4, 0.5) is 17.3 Å². The predicted octanol–water partition coefficient (Wildman–Crippen LogP) is 3.60. The molecule has 0 amide bonds. The average Bonchev–Trinajstić information content (AvgIpc) is 2.91. The lowest BCUT2D eigenvalue weighted by Gasteiger charge is -2.36. The Hall–Kier alpha value is -3.30. The van der Waals surface area contributed by atoms with E-state index in [0.717, 1.165) is 60.8 Å². The number of nitrogens with one attached hydrogen (secondary N) is 1. The highest BCUT2D eigenvalue weighted by Crippen LogP contribution is 2.28. The van der Waals surface area contributed by atoms with Crippen LogP contribution in [0.25, 0.3) is 11.3 Å². The highest BCUT2D eigenvalue weighted by Gasteiger charge is 2.19. The number of aliphatic hydroxyl groups excluding tert-OH is 1. The van der Waals surface area contributed by atoms with E-state index in [0.29, 0.717) is 32.4 Å². The van der Waals surface area contributed by atoms with E-state index in [2.05, 4.69) is 56.5 Å². The number of rotatable bonds is 3. The average molecular weight is 488 g/mol. The molecule has 6 bridgehead atoms. The third-order valence-electron chi connectivity index (χ3n) is 6.46. The second-order valence-electron chi connectivity index (χ2n) is 8.99. The minimum absolute atomic E-state index is 0.201. The number of benzene rings is 2. The molecule has 36 heavy (non-hydrogen) atoms. The van der Waals surface area contributed by atoms with Crippen LogP contribution in [0.3, 0.4) is 0 Å². The Balaban J connectivity index is 1.41. The molecule has 8 heteroatoms. The van der Waals surface area contributed by atoms with Gasteiger partial charge in [-0.25, -0.2) is 9.97 Å². The maximum Gasteiger partial charge on any atom is 0.227 e. The first-order chi connectivity index (χ1) is 17.8. The van der Waals surface area contributed by atoms with Crippen LogP contribution >= 0.6 is 0 Å². The first-order valence-corrected chi connectivity index (χ1v) is 12.5. The van der Waals surface area contributed by atoms with Gasteiger partial charge in [-0.3, -0.25) is 4.90 Å². The molecule has 0 atom stereocenters. The van der Waals surface area contributed by atoms with Gasteiger partial charge in [0.15, 0.2) is 0 Å². The zero-order valence-electron chi connectivity index (χ0n) is 20.5. The van der Waals surface area contributed by atoms with E-state index in [1.54, 1.807) is 6.20 Å². The zero-order valence-corrected chi connectivity index (χ0v) is 20.5. The molecular formula is C28H33N5O3. The predicted molar refractivity (Wildman–Crippen MR) is 141 cm³/mol. The standard InChI is InChI=1S/C28H33N5O3/c34-15-14-32-10-12-33(13-11-32)27-7-6-25-19-24(27)21-36-17-2-1-16-35-20-22-4-3-5-23(18-22)26-8-9-29-28(30-25)31-26/h1-9,18-19,34H,10-17,20-21H2,(H,29,30,31)/b2-1+. The van der Waals surface area contributed by atoms with Crippen molar-refractivity contribution in [3.63, 3.8) is 0 Å². The van der Waals surface area contributed by atoms with E-state index in [4.69, 9.17) is 14.5 Å². The number of ether oxygens (including phenoxy) is 2. The summed E-state index contributed by atoms with van der Waals surface area (Å²) >= 11 is 0. The Bertz CT molecular complexity index is 1180. The molecular weight excluding hydrogens is 454 g/mol. The van der Waals surface area contributed by atoms with Crippen molar-refractivity contribution < 1.29 is 14.6 Å². The van der Waals surface area contributed by atoms with E-state index < -0.39 is 0 Å². The number of β-amino-alcohol motifs (C(OH)–C–C–N with tert-alkyl or cyclic N) is 1. The maximum atomic E-state index is 9.25. The van der Waals surface area contributed by atoms with Crippen molar-refractivity contribution in [2.75, 3.05) is 62.8 Å². The number of fused-ring (bicyclic) bond motifs is 7. The molecule has 5 rings (SSSR count). The van der Waals surface area contributed by atoms with E-state index in [1.807, 2.05) is 24.3 Å². The second kappa shape index (κ2) is 12.1. The van der Waals surface area contributed by atoms with Crippen molar-refractivity contribution in [3.8, 4) is 11.3 Å². The van der Waals surface area contributed by atoms with Crippen molar-refractivity contribution in [1.29, 1.82) is 0 Å². The summed E-state index contributed by atoms with van der Waals surface area (Å²) in [4.78, 5) is 13.9. The monoisotopic (exact) mass is 487 g/mol. The highest BCUT2D eigenvalue weighted by molar-refractivity contribution is 5.66. The Morgan fingerprint density at radius 1 is 0.917 bits per heavy atom. The Morgan fingerprint density at radius 2 is 1.75 bits per heavy atom. The van der Waals surface area contributed by atoms with Crippen LogP contribution in [0.15, 0.2) is 66.9 Å². The normalized spacial score (nSPS) is 18.1. The molecule has 0 saturated carbocycles. The largest absolute Gasteiger partial charge is 0.395 e. The van der Waals surface area contributed by atoms with Crippen LogP contribution in [0, 0.1) is 0 Å². The van der Waals surface area contributed by atoms with Crippen LogP contribution in [-0.4, -0.2) is 72.5 Å². The lowest BCUT2D eigenvalue weighted by Crippen LogP contribution is -2.47. The van der Waals surface area contributed by atoms with E-state index in [-0.39, 0.29) is 6.61 Å². The first kappa shape index (κ1) is 24.4. The van der Waals surface area contributed by atoms with E-state index >= 15 is 0 Å². The number of nitrogens with zero attached hydrogens (tertiary/aromatic N) is 4. The van der Waals surface area contributed by atoms with Crippen LogP contribution in [-0.2, 0) is 22.7 Å². The summed E-state index contributed by atoms with van der Waals surface area (Å²) in [5, 5.41) is 12.6. The number of hydrogen-bond donors (Lipinski definition) is 2. The van der Waals surface area contributed by atoms with Gasteiger partial charge in [0.05, 0.1) is 38.7 Å². The number of hydrogen-bond acceptors (Lipinski definition) is 8. The van der Waals surface area contributed by atoms with Crippen molar-refractivity contribution in [3.05, 3.63) is 78.0 Å². The molecule has 0 radical (unpaired) electrons. The summed E-state index contributed by atoms with van der Waals surface area (Å²) in [6, 6.07) is 16.5. The van der Waals surface area contributed by atoms with Gasteiger partial charge in [-0.05, 0) is 35.9 Å². The lowest BCUT2D eigenvalue weighted by atomic mass is 10.1. The summed E-state index contributed by atoms with van der Waals surface area (Å²) in [6.07, 6.45) is 5.79. The van der Waals surface area contributed by atoms with E-state index in [1.165, 1.54) is 5.69 Å². The fraction of sp³-hybridized carbons (Fsp3) is 0.357. The molecule has 2 N–H and O–H groups in total.